The molecule has 1 aromatic heterocycles. The molecule has 0 saturated carbocycles. The van der Waals surface area contributed by atoms with Crippen LogP contribution in [0.25, 0.3) is 0 Å². The van der Waals surface area contributed by atoms with Crippen LogP contribution in [-0.2, 0) is 6.54 Å². The molecule has 2 rings (SSSR count). The Labute approximate surface area is 108 Å². The first-order valence-electron chi connectivity index (χ1n) is 5.59. The monoisotopic (exact) mass is 261 g/mol. The van der Waals surface area contributed by atoms with E-state index in [-0.39, 0.29) is 18.5 Å². The van der Waals surface area contributed by atoms with Crippen molar-refractivity contribution in [2.24, 2.45) is 0 Å². The fourth-order valence-corrected chi connectivity index (χ4v) is 3.38. The fraction of sp³-hybridized carbons (Fsp3) is 0.667. The molecule has 2 nitrogen and oxygen atoms in total. The molecule has 1 aliphatic rings. The van der Waals surface area contributed by atoms with Crippen molar-refractivity contribution in [2.75, 3.05) is 6.54 Å². The van der Waals surface area contributed by atoms with Gasteiger partial charge < -0.3 is 10.1 Å². The number of rotatable bonds is 1. The van der Waals surface area contributed by atoms with Gasteiger partial charge in [0.1, 0.15) is 11.9 Å². The average Bonchev–Trinajstić information content (AvgIpc) is 2.32. The maximum Gasteiger partial charge on any atom is 0.138 e. The van der Waals surface area contributed by atoms with Crippen molar-refractivity contribution >= 4 is 23.7 Å². The van der Waals surface area contributed by atoms with Crippen LogP contribution in [0.15, 0.2) is 0 Å². The second-order valence-electron chi connectivity index (χ2n) is 4.54. The van der Waals surface area contributed by atoms with Crippen LogP contribution in [0.2, 0.25) is 0 Å². The van der Waals surface area contributed by atoms with E-state index < -0.39 is 0 Å². The lowest BCUT2D eigenvalue weighted by atomic mass is 10.0. The molecule has 0 spiro atoms. The molecular formula is C12H20ClNOS. The minimum Gasteiger partial charge on any atom is -0.488 e. The number of hydrogen-bond donors (Lipinski definition) is 1. The number of aryl methyl sites for hydroxylation is 1. The Balaban J connectivity index is 0.00000128. The first-order chi connectivity index (χ1) is 7.09. The number of hydrogen-bond acceptors (Lipinski definition) is 3. The van der Waals surface area contributed by atoms with Crippen molar-refractivity contribution in [3.05, 3.63) is 15.3 Å². The van der Waals surface area contributed by atoms with Gasteiger partial charge in [-0.2, -0.15) is 0 Å². The lowest BCUT2D eigenvalue weighted by Gasteiger charge is -2.14. The van der Waals surface area contributed by atoms with Gasteiger partial charge >= 0.3 is 0 Å². The molecule has 0 saturated heterocycles. The highest BCUT2D eigenvalue weighted by Crippen LogP contribution is 2.40. The first-order valence-corrected chi connectivity index (χ1v) is 6.40. The molecule has 1 unspecified atom stereocenters. The predicted octanol–water partition coefficient (Wildman–Crippen LogP) is 3.47. The third kappa shape index (κ3) is 2.53. The van der Waals surface area contributed by atoms with Crippen molar-refractivity contribution in [3.63, 3.8) is 0 Å². The quantitative estimate of drug-likeness (QED) is 0.836. The largest absolute Gasteiger partial charge is 0.488 e. The van der Waals surface area contributed by atoms with Crippen LogP contribution in [0.5, 0.6) is 5.75 Å². The lowest BCUT2D eigenvalue weighted by molar-refractivity contribution is 0.224. The van der Waals surface area contributed by atoms with E-state index in [9.17, 15) is 0 Å². The van der Waals surface area contributed by atoms with Crippen LogP contribution in [0, 0.1) is 6.92 Å². The van der Waals surface area contributed by atoms with Gasteiger partial charge in [-0.3, -0.25) is 0 Å². The third-order valence-electron chi connectivity index (χ3n) is 2.77. The van der Waals surface area contributed by atoms with Crippen LogP contribution in [0.3, 0.4) is 0 Å². The number of fused-ring (bicyclic) bond motifs is 1. The summed E-state index contributed by atoms with van der Waals surface area (Å²) in [6, 6.07) is 0. The van der Waals surface area contributed by atoms with Crippen LogP contribution < -0.4 is 10.1 Å². The highest BCUT2D eigenvalue weighted by Gasteiger charge is 2.23. The zero-order valence-corrected chi connectivity index (χ0v) is 11.9. The lowest BCUT2D eigenvalue weighted by Crippen LogP contribution is -2.25. The molecule has 0 fully saturated rings. The molecule has 0 amide bonds. The van der Waals surface area contributed by atoms with Crippen LogP contribution in [0.1, 0.15) is 42.0 Å². The minimum atomic E-state index is 0. The number of ether oxygens (including phenoxy) is 1. The van der Waals surface area contributed by atoms with Gasteiger partial charge in [0.25, 0.3) is 0 Å². The molecule has 2 heterocycles. The fourth-order valence-electron chi connectivity index (χ4n) is 2.14. The third-order valence-corrected chi connectivity index (χ3v) is 3.87. The van der Waals surface area contributed by atoms with Gasteiger partial charge in [0.15, 0.2) is 0 Å². The molecule has 92 valence electrons. The second kappa shape index (κ2) is 5.39. The number of thiophene rings is 1. The van der Waals surface area contributed by atoms with E-state index in [1.165, 1.54) is 15.3 Å². The Kier molecular flexibility index (Phi) is 4.65. The molecule has 1 aromatic rings. The SMILES string of the molecule is Cc1sc2c(c1C(C)C)OC(C)CNC2.Cl. The summed E-state index contributed by atoms with van der Waals surface area (Å²) in [6.45, 7) is 10.7. The Hall–Kier alpha value is -0.250. The standard InChI is InChI=1S/C12H19NOS.ClH/c1-7(2)11-9(4)15-10-6-13-5-8(3)14-12(10)11;/h7-8,13H,5-6H2,1-4H3;1H. The van der Waals surface area contributed by atoms with E-state index in [0.717, 1.165) is 18.8 Å². The molecule has 1 N–H and O–H groups in total. The smallest absolute Gasteiger partial charge is 0.138 e. The average molecular weight is 262 g/mol. The van der Waals surface area contributed by atoms with E-state index in [4.69, 9.17) is 4.74 Å². The highest BCUT2D eigenvalue weighted by molar-refractivity contribution is 7.12. The summed E-state index contributed by atoms with van der Waals surface area (Å²) in [4.78, 5) is 2.77. The molecule has 16 heavy (non-hydrogen) atoms. The summed E-state index contributed by atoms with van der Waals surface area (Å²) in [5, 5.41) is 3.42. The zero-order valence-electron chi connectivity index (χ0n) is 10.3. The summed E-state index contributed by atoms with van der Waals surface area (Å²) >= 11 is 1.87. The summed E-state index contributed by atoms with van der Waals surface area (Å²) in [5.74, 6) is 1.71. The minimum absolute atomic E-state index is 0. The zero-order chi connectivity index (χ0) is 11.0. The van der Waals surface area contributed by atoms with Crippen molar-refractivity contribution in [3.8, 4) is 5.75 Å². The van der Waals surface area contributed by atoms with Crippen LogP contribution in [-0.4, -0.2) is 12.6 Å². The molecule has 4 heteroatoms. The molecular weight excluding hydrogens is 242 g/mol. The van der Waals surface area contributed by atoms with E-state index in [0.29, 0.717) is 5.92 Å². The Morgan fingerprint density at radius 2 is 2.12 bits per heavy atom. The molecule has 0 radical (unpaired) electrons. The van der Waals surface area contributed by atoms with Gasteiger partial charge in [0.05, 0.1) is 4.88 Å². The van der Waals surface area contributed by atoms with E-state index >= 15 is 0 Å². The second-order valence-corrected chi connectivity index (χ2v) is 5.85. The van der Waals surface area contributed by atoms with E-state index in [1.54, 1.807) is 0 Å². The van der Waals surface area contributed by atoms with Crippen LogP contribution in [0.4, 0.5) is 0 Å². The predicted molar refractivity (Wildman–Crippen MR) is 72.2 cm³/mol. The van der Waals surface area contributed by atoms with Gasteiger partial charge in [0.2, 0.25) is 0 Å². The molecule has 0 bridgehead atoms. The Morgan fingerprint density at radius 3 is 2.75 bits per heavy atom. The van der Waals surface area contributed by atoms with E-state index in [1.807, 2.05) is 11.3 Å². The molecule has 1 atom stereocenters. The maximum absolute atomic E-state index is 6.02. The van der Waals surface area contributed by atoms with Crippen molar-refractivity contribution < 1.29 is 4.74 Å². The summed E-state index contributed by atoms with van der Waals surface area (Å²) < 4.78 is 6.02. The van der Waals surface area contributed by atoms with Gasteiger partial charge in [-0.1, -0.05) is 13.8 Å². The summed E-state index contributed by atoms with van der Waals surface area (Å²) in [6.07, 6.45) is 0.276. The summed E-state index contributed by atoms with van der Waals surface area (Å²) in [7, 11) is 0. The highest BCUT2D eigenvalue weighted by atomic mass is 35.5. The Morgan fingerprint density at radius 1 is 1.44 bits per heavy atom. The topological polar surface area (TPSA) is 21.3 Å². The normalized spacial score (nSPS) is 19.7. The van der Waals surface area contributed by atoms with E-state index in [2.05, 4.69) is 33.0 Å². The maximum atomic E-state index is 6.02. The van der Waals surface area contributed by atoms with Crippen LogP contribution >= 0.6 is 23.7 Å². The summed E-state index contributed by atoms with van der Waals surface area (Å²) in [5.41, 5.74) is 1.41. The van der Waals surface area contributed by atoms with Gasteiger partial charge in [-0.05, 0) is 19.8 Å². The molecule has 0 aliphatic carbocycles. The van der Waals surface area contributed by atoms with Crippen molar-refractivity contribution in [2.45, 2.75) is 46.3 Å². The van der Waals surface area contributed by atoms with Crippen molar-refractivity contribution in [1.82, 2.24) is 5.32 Å². The Bertz CT molecular complexity index is 362. The molecule has 1 aliphatic heterocycles. The van der Waals surface area contributed by atoms with Gasteiger partial charge in [-0.25, -0.2) is 0 Å². The number of nitrogens with one attached hydrogen (secondary N) is 1. The van der Waals surface area contributed by atoms with Crippen molar-refractivity contribution in [1.29, 1.82) is 0 Å². The first kappa shape index (κ1) is 13.8. The number of halogens is 1. The molecule has 0 aromatic carbocycles. The van der Waals surface area contributed by atoms with Gasteiger partial charge in [-0.15, -0.1) is 23.7 Å². The van der Waals surface area contributed by atoms with Gasteiger partial charge in [0, 0.05) is 23.5 Å².